The van der Waals surface area contributed by atoms with Crippen LogP contribution in [0.2, 0.25) is 0 Å². The molecule has 1 fully saturated rings. The largest absolute Gasteiger partial charge is 0.469 e. The van der Waals surface area contributed by atoms with E-state index in [2.05, 4.69) is 5.32 Å². The molecule has 0 amide bonds. The van der Waals surface area contributed by atoms with Crippen LogP contribution in [0.5, 0.6) is 0 Å². The Labute approximate surface area is 91.3 Å². The molecular weight excluding hydrogens is 194 g/mol. The van der Waals surface area contributed by atoms with Crippen molar-refractivity contribution in [1.82, 2.24) is 5.32 Å². The molecule has 2 atom stereocenters. The molecule has 0 radical (unpaired) electrons. The minimum absolute atomic E-state index is 0.0992. The first-order chi connectivity index (χ1) is 7.15. The first-order valence-corrected chi connectivity index (χ1v) is 5.56. The van der Waals surface area contributed by atoms with E-state index in [0.717, 1.165) is 26.1 Å². The monoisotopic (exact) mass is 215 g/mol. The molecule has 15 heavy (non-hydrogen) atoms. The van der Waals surface area contributed by atoms with Crippen LogP contribution >= 0.6 is 0 Å². The van der Waals surface area contributed by atoms with E-state index in [1.165, 1.54) is 7.11 Å². The number of carbonyl (C=O) groups excluding carboxylic acids is 1. The maximum atomic E-state index is 11.3. The predicted molar refractivity (Wildman–Crippen MR) is 57.6 cm³/mol. The van der Waals surface area contributed by atoms with Crippen LogP contribution in [0.25, 0.3) is 0 Å². The van der Waals surface area contributed by atoms with Gasteiger partial charge in [-0.05, 0) is 19.8 Å². The molecule has 88 valence electrons. The van der Waals surface area contributed by atoms with E-state index < -0.39 is 0 Å². The van der Waals surface area contributed by atoms with Crippen LogP contribution in [-0.4, -0.2) is 38.4 Å². The third kappa shape index (κ3) is 3.80. The van der Waals surface area contributed by atoms with Gasteiger partial charge in [-0.25, -0.2) is 0 Å². The van der Waals surface area contributed by atoms with Crippen molar-refractivity contribution in [2.45, 2.75) is 38.8 Å². The standard InChI is InChI=1S/C11H21NO3/c1-8(11(13)14-3)9(2)12-10-4-6-15-7-5-10/h8-10,12H,4-7H2,1-3H3. The lowest BCUT2D eigenvalue weighted by atomic mass is 10.0. The molecule has 1 rings (SSSR count). The van der Waals surface area contributed by atoms with Crippen molar-refractivity contribution < 1.29 is 14.3 Å². The molecule has 0 aromatic rings. The molecule has 1 aliphatic rings. The molecule has 0 saturated carbocycles. The highest BCUT2D eigenvalue weighted by Gasteiger charge is 2.24. The lowest BCUT2D eigenvalue weighted by molar-refractivity contribution is -0.145. The molecule has 2 unspecified atom stereocenters. The highest BCUT2D eigenvalue weighted by molar-refractivity contribution is 5.72. The van der Waals surface area contributed by atoms with E-state index in [0.29, 0.717) is 6.04 Å². The Morgan fingerprint density at radius 1 is 1.40 bits per heavy atom. The van der Waals surface area contributed by atoms with Gasteiger partial charge in [-0.15, -0.1) is 0 Å². The Balaban J connectivity index is 2.32. The summed E-state index contributed by atoms with van der Waals surface area (Å²) in [6.07, 6.45) is 2.05. The fourth-order valence-electron chi connectivity index (χ4n) is 1.77. The van der Waals surface area contributed by atoms with Crippen molar-refractivity contribution in [2.24, 2.45) is 5.92 Å². The number of rotatable bonds is 4. The predicted octanol–water partition coefficient (Wildman–Crippen LogP) is 0.953. The number of nitrogens with one attached hydrogen (secondary N) is 1. The van der Waals surface area contributed by atoms with Crippen LogP contribution in [0.1, 0.15) is 26.7 Å². The molecule has 0 spiro atoms. The Hall–Kier alpha value is -0.610. The molecule has 0 aromatic heterocycles. The summed E-state index contributed by atoms with van der Waals surface area (Å²) in [4.78, 5) is 11.3. The molecule has 1 N–H and O–H groups in total. The van der Waals surface area contributed by atoms with E-state index >= 15 is 0 Å². The molecule has 4 nitrogen and oxygen atoms in total. The SMILES string of the molecule is COC(=O)C(C)C(C)NC1CCOCC1. The van der Waals surface area contributed by atoms with Gasteiger partial charge in [0.15, 0.2) is 0 Å². The van der Waals surface area contributed by atoms with Crippen molar-refractivity contribution in [3.05, 3.63) is 0 Å². The number of esters is 1. The smallest absolute Gasteiger partial charge is 0.309 e. The Morgan fingerprint density at radius 2 is 2.00 bits per heavy atom. The summed E-state index contributed by atoms with van der Waals surface area (Å²) in [5, 5.41) is 3.45. The minimum atomic E-state index is -0.151. The fourth-order valence-corrected chi connectivity index (χ4v) is 1.77. The summed E-state index contributed by atoms with van der Waals surface area (Å²) in [7, 11) is 1.43. The van der Waals surface area contributed by atoms with Gasteiger partial charge in [0.1, 0.15) is 0 Å². The van der Waals surface area contributed by atoms with Gasteiger partial charge in [-0.2, -0.15) is 0 Å². The van der Waals surface area contributed by atoms with Gasteiger partial charge in [0.25, 0.3) is 0 Å². The van der Waals surface area contributed by atoms with Crippen molar-refractivity contribution in [1.29, 1.82) is 0 Å². The van der Waals surface area contributed by atoms with Crippen molar-refractivity contribution in [3.63, 3.8) is 0 Å². The molecule has 1 saturated heterocycles. The molecule has 0 aromatic carbocycles. The lowest BCUT2D eigenvalue weighted by Crippen LogP contribution is -2.45. The van der Waals surface area contributed by atoms with E-state index in [-0.39, 0.29) is 17.9 Å². The maximum absolute atomic E-state index is 11.3. The van der Waals surface area contributed by atoms with Gasteiger partial charge >= 0.3 is 5.97 Å². The maximum Gasteiger partial charge on any atom is 0.309 e. The van der Waals surface area contributed by atoms with E-state index in [4.69, 9.17) is 9.47 Å². The first-order valence-electron chi connectivity index (χ1n) is 5.56. The number of hydrogen-bond acceptors (Lipinski definition) is 4. The van der Waals surface area contributed by atoms with Crippen molar-refractivity contribution >= 4 is 5.97 Å². The molecule has 4 heteroatoms. The summed E-state index contributed by atoms with van der Waals surface area (Å²) in [5.41, 5.74) is 0. The van der Waals surface area contributed by atoms with Crippen LogP contribution in [0.4, 0.5) is 0 Å². The summed E-state index contributed by atoms with van der Waals surface area (Å²) < 4.78 is 10.00. The second-order valence-electron chi connectivity index (χ2n) is 4.15. The molecule has 0 bridgehead atoms. The highest BCUT2D eigenvalue weighted by Crippen LogP contribution is 2.11. The van der Waals surface area contributed by atoms with Crippen LogP contribution in [0.3, 0.4) is 0 Å². The highest BCUT2D eigenvalue weighted by atomic mass is 16.5. The Morgan fingerprint density at radius 3 is 2.53 bits per heavy atom. The Bertz CT molecular complexity index is 202. The zero-order valence-corrected chi connectivity index (χ0v) is 9.79. The van der Waals surface area contributed by atoms with Crippen molar-refractivity contribution in [3.8, 4) is 0 Å². The van der Waals surface area contributed by atoms with Crippen LogP contribution < -0.4 is 5.32 Å². The normalized spacial score (nSPS) is 22.1. The summed E-state index contributed by atoms with van der Waals surface area (Å²) >= 11 is 0. The van der Waals surface area contributed by atoms with Gasteiger partial charge in [-0.3, -0.25) is 4.79 Å². The minimum Gasteiger partial charge on any atom is -0.469 e. The van der Waals surface area contributed by atoms with Gasteiger partial charge in [0, 0.05) is 25.3 Å². The number of carbonyl (C=O) groups is 1. The van der Waals surface area contributed by atoms with E-state index in [9.17, 15) is 4.79 Å². The van der Waals surface area contributed by atoms with Gasteiger partial charge < -0.3 is 14.8 Å². The average molecular weight is 215 g/mol. The average Bonchev–Trinajstić information content (AvgIpc) is 2.28. The zero-order chi connectivity index (χ0) is 11.3. The Kier molecular flexibility index (Phi) is 5.05. The van der Waals surface area contributed by atoms with E-state index in [1.54, 1.807) is 0 Å². The molecular formula is C11H21NO3. The van der Waals surface area contributed by atoms with Gasteiger partial charge in [0.2, 0.25) is 0 Å². The third-order valence-electron chi connectivity index (χ3n) is 3.04. The summed E-state index contributed by atoms with van der Waals surface area (Å²) in [6.45, 7) is 5.55. The van der Waals surface area contributed by atoms with Crippen LogP contribution in [0, 0.1) is 5.92 Å². The van der Waals surface area contributed by atoms with Gasteiger partial charge in [0.05, 0.1) is 13.0 Å². The van der Waals surface area contributed by atoms with Gasteiger partial charge in [-0.1, -0.05) is 6.92 Å². The summed E-state index contributed by atoms with van der Waals surface area (Å²) in [5.74, 6) is -0.250. The van der Waals surface area contributed by atoms with E-state index in [1.807, 2.05) is 13.8 Å². The quantitative estimate of drug-likeness (QED) is 0.709. The topological polar surface area (TPSA) is 47.6 Å². The zero-order valence-electron chi connectivity index (χ0n) is 9.79. The summed E-state index contributed by atoms with van der Waals surface area (Å²) in [6, 6.07) is 0.626. The van der Waals surface area contributed by atoms with Crippen LogP contribution in [-0.2, 0) is 14.3 Å². The number of methoxy groups -OCH3 is 1. The lowest BCUT2D eigenvalue weighted by Gasteiger charge is -2.28. The number of ether oxygens (including phenoxy) is 2. The first kappa shape index (κ1) is 12.5. The third-order valence-corrected chi connectivity index (χ3v) is 3.04. The van der Waals surface area contributed by atoms with Crippen LogP contribution in [0.15, 0.2) is 0 Å². The number of hydrogen-bond donors (Lipinski definition) is 1. The molecule has 0 aliphatic carbocycles. The van der Waals surface area contributed by atoms with Crippen molar-refractivity contribution in [2.75, 3.05) is 20.3 Å². The fraction of sp³-hybridized carbons (Fsp3) is 0.909. The second kappa shape index (κ2) is 6.08. The molecule has 1 heterocycles. The second-order valence-corrected chi connectivity index (χ2v) is 4.15. The molecule has 1 aliphatic heterocycles.